The van der Waals surface area contributed by atoms with Crippen LogP contribution in [-0.2, 0) is 0 Å². The largest absolute Gasteiger partial charge is 0.497 e. The molecule has 0 bridgehead atoms. The van der Waals surface area contributed by atoms with Crippen molar-refractivity contribution in [3.8, 4) is 17.0 Å². The van der Waals surface area contributed by atoms with Gasteiger partial charge in [-0.15, -0.1) is 0 Å². The van der Waals surface area contributed by atoms with Crippen LogP contribution in [0.3, 0.4) is 0 Å². The van der Waals surface area contributed by atoms with Crippen LogP contribution < -0.4 is 15.6 Å². The normalized spacial score (nSPS) is 10.7. The molecular weight excluding hydrogens is 280 g/mol. The van der Waals surface area contributed by atoms with E-state index in [1.54, 1.807) is 7.11 Å². The lowest BCUT2D eigenvalue weighted by Crippen LogP contribution is -2.18. The number of anilines is 1. The molecule has 6 heteroatoms. The van der Waals surface area contributed by atoms with Gasteiger partial charge in [0, 0.05) is 18.2 Å². The smallest absolute Gasteiger partial charge is 0.252 e. The number of ether oxygens (including phenoxy) is 1. The Labute approximate surface area is 130 Å². The maximum atomic E-state index is 11.8. The highest BCUT2D eigenvalue weighted by Gasteiger charge is 2.04. The molecule has 118 valence electrons. The molecule has 0 aliphatic heterocycles. The summed E-state index contributed by atoms with van der Waals surface area (Å²) >= 11 is 0. The molecule has 0 spiro atoms. The van der Waals surface area contributed by atoms with E-state index in [9.17, 15) is 4.79 Å². The number of rotatable bonds is 7. The summed E-state index contributed by atoms with van der Waals surface area (Å²) in [5.74, 6) is 1.27. The first kappa shape index (κ1) is 16.0. The van der Waals surface area contributed by atoms with E-state index in [4.69, 9.17) is 4.74 Å². The van der Waals surface area contributed by atoms with E-state index in [1.165, 1.54) is 6.07 Å². The molecule has 0 fully saturated rings. The van der Waals surface area contributed by atoms with E-state index in [2.05, 4.69) is 20.2 Å². The fourth-order valence-electron chi connectivity index (χ4n) is 2.05. The van der Waals surface area contributed by atoms with Gasteiger partial charge in [-0.25, -0.2) is 4.98 Å². The first-order valence-electron chi connectivity index (χ1n) is 7.23. The van der Waals surface area contributed by atoms with Crippen molar-refractivity contribution in [3.63, 3.8) is 0 Å². The molecule has 2 aromatic rings. The summed E-state index contributed by atoms with van der Waals surface area (Å²) in [4.78, 5) is 21.1. The topological polar surface area (TPSA) is 70.2 Å². The zero-order valence-corrected chi connectivity index (χ0v) is 13.2. The summed E-state index contributed by atoms with van der Waals surface area (Å²) < 4.78 is 5.13. The van der Waals surface area contributed by atoms with Gasteiger partial charge in [-0.3, -0.25) is 9.78 Å². The first-order chi connectivity index (χ1) is 10.6. The van der Waals surface area contributed by atoms with Gasteiger partial charge in [0.15, 0.2) is 0 Å². The lowest BCUT2D eigenvalue weighted by molar-refractivity contribution is 0.405. The molecule has 2 N–H and O–H groups in total. The number of H-pyrrole nitrogens is 1. The number of methoxy groups -OCH3 is 1. The third-order valence-corrected chi connectivity index (χ3v) is 3.20. The quantitative estimate of drug-likeness (QED) is 0.763. The molecule has 0 aliphatic carbocycles. The van der Waals surface area contributed by atoms with E-state index < -0.39 is 0 Å². The van der Waals surface area contributed by atoms with Gasteiger partial charge in [-0.2, -0.15) is 0 Å². The van der Waals surface area contributed by atoms with Crippen LogP contribution in [0.2, 0.25) is 0 Å². The molecule has 6 nitrogen and oxygen atoms in total. The van der Waals surface area contributed by atoms with Crippen molar-refractivity contribution < 1.29 is 4.74 Å². The van der Waals surface area contributed by atoms with Crippen molar-refractivity contribution in [2.75, 3.05) is 39.6 Å². The predicted molar refractivity (Wildman–Crippen MR) is 88.5 cm³/mol. The first-order valence-corrected chi connectivity index (χ1v) is 7.23. The average Bonchev–Trinajstić information content (AvgIpc) is 2.51. The van der Waals surface area contributed by atoms with E-state index in [0.29, 0.717) is 11.6 Å². The Hall–Kier alpha value is -2.34. The SMILES string of the molecule is COc1ccc(-c2cc(=O)[nH]c(NCCCN(C)C)n2)cc1. The highest BCUT2D eigenvalue weighted by atomic mass is 16.5. The minimum absolute atomic E-state index is 0.170. The lowest BCUT2D eigenvalue weighted by Gasteiger charge is -2.10. The number of nitrogens with one attached hydrogen (secondary N) is 2. The summed E-state index contributed by atoms with van der Waals surface area (Å²) in [7, 11) is 5.69. The average molecular weight is 302 g/mol. The van der Waals surface area contributed by atoms with E-state index in [-0.39, 0.29) is 5.56 Å². The van der Waals surface area contributed by atoms with E-state index >= 15 is 0 Å². The van der Waals surface area contributed by atoms with Gasteiger partial charge in [0.1, 0.15) is 5.75 Å². The molecule has 1 aromatic heterocycles. The van der Waals surface area contributed by atoms with Gasteiger partial charge in [-0.1, -0.05) is 0 Å². The molecule has 0 radical (unpaired) electrons. The number of aromatic amines is 1. The molecule has 0 saturated heterocycles. The Bertz CT molecular complexity index is 650. The minimum Gasteiger partial charge on any atom is -0.497 e. The number of hydrogen-bond acceptors (Lipinski definition) is 5. The van der Waals surface area contributed by atoms with Crippen molar-refractivity contribution in [1.82, 2.24) is 14.9 Å². The fourth-order valence-corrected chi connectivity index (χ4v) is 2.05. The summed E-state index contributed by atoms with van der Waals surface area (Å²) in [5.41, 5.74) is 1.35. The van der Waals surface area contributed by atoms with Gasteiger partial charge < -0.3 is 15.0 Å². The van der Waals surface area contributed by atoms with Crippen molar-refractivity contribution in [2.45, 2.75) is 6.42 Å². The lowest BCUT2D eigenvalue weighted by atomic mass is 10.1. The molecule has 1 heterocycles. The number of hydrogen-bond donors (Lipinski definition) is 2. The number of benzene rings is 1. The van der Waals surface area contributed by atoms with Crippen LogP contribution >= 0.6 is 0 Å². The van der Waals surface area contributed by atoms with Crippen LogP contribution in [0.1, 0.15) is 6.42 Å². The highest BCUT2D eigenvalue weighted by Crippen LogP contribution is 2.20. The Balaban J connectivity index is 2.10. The molecule has 0 amide bonds. The standard InChI is InChI=1S/C16H22N4O2/c1-20(2)10-4-9-17-16-18-14(11-15(21)19-16)12-5-7-13(22-3)8-6-12/h5-8,11H,4,9-10H2,1-3H3,(H2,17,18,19,21). The highest BCUT2D eigenvalue weighted by molar-refractivity contribution is 5.60. The van der Waals surface area contributed by atoms with E-state index in [0.717, 1.165) is 30.8 Å². The van der Waals surface area contributed by atoms with Gasteiger partial charge in [0.25, 0.3) is 5.56 Å². The fraction of sp³-hybridized carbons (Fsp3) is 0.375. The van der Waals surface area contributed by atoms with Crippen LogP contribution in [0, 0.1) is 0 Å². The molecule has 2 rings (SSSR count). The summed E-state index contributed by atoms with van der Waals surface area (Å²) in [6.45, 7) is 1.74. The van der Waals surface area contributed by atoms with Crippen molar-refractivity contribution >= 4 is 5.95 Å². The monoisotopic (exact) mass is 302 g/mol. The van der Waals surface area contributed by atoms with Crippen molar-refractivity contribution in [2.24, 2.45) is 0 Å². The minimum atomic E-state index is -0.170. The zero-order chi connectivity index (χ0) is 15.9. The second-order valence-electron chi connectivity index (χ2n) is 5.29. The molecule has 1 aromatic carbocycles. The van der Waals surface area contributed by atoms with Gasteiger partial charge in [0.05, 0.1) is 12.8 Å². The van der Waals surface area contributed by atoms with Crippen LogP contribution in [0.5, 0.6) is 5.75 Å². The predicted octanol–water partition coefficient (Wildman–Crippen LogP) is 1.81. The van der Waals surface area contributed by atoms with Crippen molar-refractivity contribution in [1.29, 1.82) is 0 Å². The molecule has 22 heavy (non-hydrogen) atoms. The molecular formula is C16H22N4O2. The molecule has 0 unspecified atom stereocenters. The Morgan fingerprint density at radius 3 is 2.64 bits per heavy atom. The third-order valence-electron chi connectivity index (χ3n) is 3.20. The molecule has 0 saturated carbocycles. The zero-order valence-electron chi connectivity index (χ0n) is 13.2. The van der Waals surface area contributed by atoms with Crippen LogP contribution in [0.15, 0.2) is 35.1 Å². The van der Waals surface area contributed by atoms with E-state index in [1.807, 2.05) is 38.4 Å². The summed E-state index contributed by atoms with van der Waals surface area (Å²) in [6, 6.07) is 8.96. The third kappa shape index (κ3) is 4.60. The maximum absolute atomic E-state index is 11.8. The van der Waals surface area contributed by atoms with Crippen LogP contribution in [0.4, 0.5) is 5.95 Å². The maximum Gasteiger partial charge on any atom is 0.252 e. The Morgan fingerprint density at radius 1 is 1.27 bits per heavy atom. The Kier molecular flexibility index (Phi) is 5.55. The molecule has 0 aliphatic rings. The van der Waals surface area contributed by atoms with Gasteiger partial charge >= 0.3 is 0 Å². The van der Waals surface area contributed by atoms with Gasteiger partial charge in [-0.05, 0) is 51.3 Å². The summed E-state index contributed by atoms with van der Waals surface area (Å²) in [5, 5.41) is 3.16. The number of aromatic nitrogens is 2. The second-order valence-corrected chi connectivity index (χ2v) is 5.29. The second kappa shape index (κ2) is 7.61. The summed E-state index contributed by atoms with van der Waals surface area (Å²) in [6.07, 6.45) is 0.976. The van der Waals surface area contributed by atoms with Crippen LogP contribution in [0.25, 0.3) is 11.3 Å². The van der Waals surface area contributed by atoms with Crippen molar-refractivity contribution in [3.05, 3.63) is 40.7 Å². The Morgan fingerprint density at radius 2 is 2.00 bits per heavy atom. The van der Waals surface area contributed by atoms with Crippen LogP contribution in [-0.4, -0.2) is 49.2 Å². The van der Waals surface area contributed by atoms with Gasteiger partial charge in [0.2, 0.25) is 5.95 Å². The molecule has 0 atom stereocenters. The number of nitrogens with zero attached hydrogens (tertiary/aromatic N) is 2.